The van der Waals surface area contributed by atoms with E-state index in [1.165, 1.54) is 47.0 Å². The van der Waals surface area contributed by atoms with Crippen molar-refractivity contribution in [2.24, 2.45) is 0 Å². The molecule has 3 nitrogen and oxygen atoms in total. The lowest BCUT2D eigenvalue weighted by atomic mass is 9.91. The van der Waals surface area contributed by atoms with Gasteiger partial charge in [-0.2, -0.15) is 0 Å². The van der Waals surface area contributed by atoms with Gasteiger partial charge in [0.1, 0.15) is 5.75 Å². The molecule has 0 saturated carbocycles. The fourth-order valence-corrected chi connectivity index (χ4v) is 3.80. The van der Waals surface area contributed by atoms with Gasteiger partial charge in [0.25, 0.3) is 0 Å². The number of fused-ring (bicyclic) bond motifs is 3. The molecule has 124 valence electrons. The zero-order valence-corrected chi connectivity index (χ0v) is 14.1. The average molecular weight is 320 g/mol. The van der Waals surface area contributed by atoms with Crippen molar-refractivity contribution >= 4 is 10.9 Å². The Kier molecular flexibility index (Phi) is 4.26. The lowest BCUT2D eigenvalue weighted by Crippen LogP contribution is -2.27. The maximum absolute atomic E-state index is 5.22. The quantitative estimate of drug-likeness (QED) is 0.732. The minimum absolute atomic E-state index is 0.444. The third-order valence-corrected chi connectivity index (χ3v) is 5.08. The Labute approximate surface area is 143 Å². The molecule has 0 aliphatic heterocycles. The molecule has 3 heteroatoms. The molecule has 2 N–H and O–H groups in total. The van der Waals surface area contributed by atoms with Gasteiger partial charge in [0, 0.05) is 22.6 Å². The Morgan fingerprint density at radius 2 is 1.96 bits per heavy atom. The van der Waals surface area contributed by atoms with Gasteiger partial charge in [-0.05, 0) is 61.6 Å². The van der Waals surface area contributed by atoms with Crippen LogP contribution in [0, 0.1) is 0 Å². The second kappa shape index (κ2) is 6.70. The predicted molar refractivity (Wildman–Crippen MR) is 98.7 cm³/mol. The molecule has 2 aromatic carbocycles. The summed E-state index contributed by atoms with van der Waals surface area (Å²) in [5.41, 5.74) is 5.53. The van der Waals surface area contributed by atoms with Crippen molar-refractivity contribution < 1.29 is 4.74 Å². The van der Waals surface area contributed by atoms with Crippen molar-refractivity contribution in [3.8, 4) is 5.75 Å². The molecular weight excluding hydrogens is 296 g/mol. The number of hydrogen-bond acceptors (Lipinski definition) is 2. The lowest BCUT2D eigenvalue weighted by Gasteiger charge is -2.24. The summed E-state index contributed by atoms with van der Waals surface area (Å²) in [6.07, 6.45) is 4.70. The lowest BCUT2D eigenvalue weighted by molar-refractivity contribution is 0.414. The van der Waals surface area contributed by atoms with Crippen LogP contribution in [0.15, 0.2) is 48.5 Å². The van der Waals surface area contributed by atoms with Gasteiger partial charge < -0.3 is 15.0 Å². The second-order valence-corrected chi connectivity index (χ2v) is 6.56. The molecule has 3 aromatic rings. The standard InChI is InChI=1S/C21H24N2O/c1-24-16-11-9-15(10-12-16)13-14-22-20-8-4-6-18-17-5-2-3-7-19(17)23-21(18)20/h2-3,5,7,9-12,20,22-23H,4,6,8,13-14H2,1H3. The average Bonchev–Trinajstić information content (AvgIpc) is 3.02. The topological polar surface area (TPSA) is 37.0 Å². The summed E-state index contributed by atoms with van der Waals surface area (Å²) in [6.45, 7) is 0.992. The minimum Gasteiger partial charge on any atom is -0.497 e. The summed E-state index contributed by atoms with van der Waals surface area (Å²) in [5.74, 6) is 0.918. The van der Waals surface area contributed by atoms with Crippen molar-refractivity contribution in [1.29, 1.82) is 0 Å². The van der Waals surface area contributed by atoms with Crippen LogP contribution < -0.4 is 10.1 Å². The molecule has 1 aliphatic carbocycles. The van der Waals surface area contributed by atoms with Gasteiger partial charge in [-0.15, -0.1) is 0 Å². The van der Waals surface area contributed by atoms with E-state index in [2.05, 4.69) is 46.7 Å². The van der Waals surface area contributed by atoms with Crippen molar-refractivity contribution in [2.45, 2.75) is 31.7 Å². The summed E-state index contributed by atoms with van der Waals surface area (Å²) in [5, 5.41) is 5.15. The van der Waals surface area contributed by atoms with E-state index in [9.17, 15) is 0 Å². The number of benzene rings is 2. The van der Waals surface area contributed by atoms with E-state index in [-0.39, 0.29) is 0 Å². The fourth-order valence-electron chi connectivity index (χ4n) is 3.80. The normalized spacial score (nSPS) is 17.0. The minimum atomic E-state index is 0.444. The summed E-state index contributed by atoms with van der Waals surface area (Å²) >= 11 is 0. The molecule has 0 bridgehead atoms. The Balaban J connectivity index is 1.44. The van der Waals surface area contributed by atoms with E-state index in [1.807, 2.05) is 12.1 Å². The van der Waals surface area contributed by atoms with Crippen LogP contribution in [-0.2, 0) is 12.8 Å². The number of ether oxygens (including phenoxy) is 1. The molecule has 0 radical (unpaired) electrons. The van der Waals surface area contributed by atoms with Crippen LogP contribution in [0.25, 0.3) is 10.9 Å². The molecule has 1 aromatic heterocycles. The number of nitrogens with one attached hydrogen (secondary N) is 2. The van der Waals surface area contributed by atoms with Gasteiger partial charge in [0.2, 0.25) is 0 Å². The van der Waals surface area contributed by atoms with Crippen LogP contribution in [-0.4, -0.2) is 18.6 Å². The van der Waals surface area contributed by atoms with Crippen LogP contribution in [0.2, 0.25) is 0 Å². The van der Waals surface area contributed by atoms with E-state index >= 15 is 0 Å². The summed E-state index contributed by atoms with van der Waals surface area (Å²) in [4.78, 5) is 3.65. The summed E-state index contributed by atoms with van der Waals surface area (Å²) in [6, 6.07) is 17.5. The van der Waals surface area contributed by atoms with Gasteiger partial charge in [-0.3, -0.25) is 0 Å². The van der Waals surface area contributed by atoms with E-state index in [1.54, 1.807) is 7.11 Å². The van der Waals surface area contributed by atoms with Crippen molar-refractivity contribution in [3.63, 3.8) is 0 Å². The largest absolute Gasteiger partial charge is 0.497 e. The molecular formula is C21H24N2O. The predicted octanol–water partition coefficient (Wildman–Crippen LogP) is 4.39. The number of aromatic amines is 1. The van der Waals surface area contributed by atoms with Gasteiger partial charge in [-0.1, -0.05) is 30.3 Å². The van der Waals surface area contributed by atoms with Crippen LogP contribution >= 0.6 is 0 Å². The molecule has 24 heavy (non-hydrogen) atoms. The van der Waals surface area contributed by atoms with Gasteiger partial charge in [-0.25, -0.2) is 0 Å². The maximum Gasteiger partial charge on any atom is 0.118 e. The molecule has 4 rings (SSSR count). The number of hydrogen-bond donors (Lipinski definition) is 2. The Bertz CT molecular complexity index is 819. The first-order chi connectivity index (χ1) is 11.8. The molecule has 1 unspecified atom stereocenters. The summed E-state index contributed by atoms with van der Waals surface area (Å²) in [7, 11) is 1.71. The number of para-hydroxylation sites is 1. The number of H-pyrrole nitrogens is 1. The summed E-state index contributed by atoms with van der Waals surface area (Å²) < 4.78 is 5.22. The van der Waals surface area contributed by atoms with Crippen molar-refractivity contribution in [1.82, 2.24) is 10.3 Å². The zero-order valence-electron chi connectivity index (χ0n) is 14.1. The highest BCUT2D eigenvalue weighted by Crippen LogP contribution is 2.34. The van der Waals surface area contributed by atoms with Crippen LogP contribution in [0.4, 0.5) is 0 Å². The highest BCUT2D eigenvalue weighted by atomic mass is 16.5. The SMILES string of the molecule is COc1ccc(CCNC2CCCc3c2[nH]c2ccccc32)cc1. The second-order valence-electron chi connectivity index (χ2n) is 6.56. The van der Waals surface area contributed by atoms with Crippen molar-refractivity contribution in [3.05, 3.63) is 65.4 Å². The highest BCUT2D eigenvalue weighted by molar-refractivity contribution is 5.85. The van der Waals surface area contributed by atoms with Crippen LogP contribution in [0.5, 0.6) is 5.75 Å². The molecule has 1 aliphatic rings. The van der Waals surface area contributed by atoms with Gasteiger partial charge >= 0.3 is 0 Å². The first kappa shape index (κ1) is 15.3. The highest BCUT2D eigenvalue weighted by Gasteiger charge is 2.23. The molecule has 0 spiro atoms. The molecule has 1 heterocycles. The van der Waals surface area contributed by atoms with Crippen LogP contribution in [0.1, 0.15) is 35.7 Å². The maximum atomic E-state index is 5.22. The Hall–Kier alpha value is -2.26. The molecule has 0 amide bonds. The fraction of sp³-hybridized carbons (Fsp3) is 0.333. The van der Waals surface area contributed by atoms with E-state index in [0.717, 1.165) is 18.7 Å². The molecule has 0 saturated heterocycles. The van der Waals surface area contributed by atoms with E-state index in [0.29, 0.717) is 6.04 Å². The number of methoxy groups -OCH3 is 1. The zero-order chi connectivity index (χ0) is 16.4. The smallest absolute Gasteiger partial charge is 0.118 e. The number of aryl methyl sites for hydroxylation is 1. The third-order valence-electron chi connectivity index (χ3n) is 5.08. The van der Waals surface area contributed by atoms with Crippen molar-refractivity contribution in [2.75, 3.05) is 13.7 Å². The number of rotatable bonds is 5. The molecule has 1 atom stereocenters. The molecule has 0 fully saturated rings. The van der Waals surface area contributed by atoms with Crippen LogP contribution in [0.3, 0.4) is 0 Å². The van der Waals surface area contributed by atoms with E-state index in [4.69, 9.17) is 4.74 Å². The number of aromatic nitrogens is 1. The van der Waals surface area contributed by atoms with Gasteiger partial charge in [0.05, 0.1) is 7.11 Å². The van der Waals surface area contributed by atoms with E-state index < -0.39 is 0 Å². The Morgan fingerprint density at radius 1 is 1.12 bits per heavy atom. The third kappa shape index (κ3) is 2.92. The Morgan fingerprint density at radius 3 is 2.79 bits per heavy atom. The first-order valence-corrected chi connectivity index (χ1v) is 8.81. The van der Waals surface area contributed by atoms with Gasteiger partial charge in [0.15, 0.2) is 0 Å². The first-order valence-electron chi connectivity index (χ1n) is 8.81. The monoisotopic (exact) mass is 320 g/mol.